The van der Waals surface area contributed by atoms with Gasteiger partial charge in [-0.3, -0.25) is 4.79 Å². The fourth-order valence-electron chi connectivity index (χ4n) is 1.60. The third kappa shape index (κ3) is 6.57. The highest BCUT2D eigenvalue weighted by Crippen LogP contribution is 2.11. The molecule has 1 rings (SSSR count). The summed E-state index contributed by atoms with van der Waals surface area (Å²) in [5.41, 5.74) is 6.50. The molecule has 2 unspecified atom stereocenters. The third-order valence-corrected chi connectivity index (χ3v) is 2.73. The third-order valence-electron chi connectivity index (χ3n) is 2.73. The van der Waals surface area contributed by atoms with E-state index in [2.05, 4.69) is 4.84 Å². The minimum Gasteiger partial charge on any atom is -0.508 e. The lowest BCUT2D eigenvalue weighted by molar-refractivity contribution is -0.767. The van der Waals surface area contributed by atoms with Gasteiger partial charge < -0.3 is 20.4 Å². The second-order valence-electron chi connectivity index (χ2n) is 4.57. The number of hydrogen-bond donors (Lipinski definition) is 2. The molecule has 0 aliphatic carbocycles. The summed E-state index contributed by atoms with van der Waals surface area (Å²) in [7, 11) is 0. The molecule has 1 aromatic rings. The van der Waals surface area contributed by atoms with Crippen LogP contribution in [0.2, 0.25) is 0 Å². The van der Waals surface area contributed by atoms with Crippen molar-refractivity contribution in [3.8, 4) is 5.75 Å². The molecule has 0 fully saturated rings. The number of rotatable bonds is 8. The number of benzene rings is 1. The van der Waals surface area contributed by atoms with Crippen molar-refractivity contribution in [2.45, 2.75) is 31.9 Å². The monoisotopic (exact) mass is 298 g/mol. The predicted molar refractivity (Wildman–Crippen MR) is 72.9 cm³/mol. The Balaban J connectivity index is 2.31. The van der Waals surface area contributed by atoms with Crippen LogP contribution >= 0.6 is 0 Å². The Kier molecular flexibility index (Phi) is 6.41. The summed E-state index contributed by atoms with van der Waals surface area (Å²) in [5.74, 6) is -0.453. The van der Waals surface area contributed by atoms with Crippen LogP contribution in [0.15, 0.2) is 24.3 Å². The van der Waals surface area contributed by atoms with Crippen molar-refractivity contribution in [3.63, 3.8) is 0 Å². The Hall–Kier alpha value is -2.35. The van der Waals surface area contributed by atoms with Crippen molar-refractivity contribution in [2.24, 2.45) is 5.73 Å². The number of phenolic OH excluding ortho intramolecular Hbond substituents is 1. The van der Waals surface area contributed by atoms with E-state index in [1.807, 2.05) is 0 Å². The van der Waals surface area contributed by atoms with Gasteiger partial charge in [-0.1, -0.05) is 12.1 Å². The highest BCUT2D eigenvalue weighted by molar-refractivity contribution is 5.75. The van der Waals surface area contributed by atoms with Crippen molar-refractivity contribution < 1.29 is 24.6 Å². The first-order valence-electron chi connectivity index (χ1n) is 6.39. The summed E-state index contributed by atoms with van der Waals surface area (Å²) in [4.78, 5) is 26.0. The molecule has 116 valence electrons. The standard InChI is InChI=1S/C13H18N2O6/c1-9(21-15(18)19)6-7-20-13(17)12(14)8-10-2-4-11(16)5-3-10/h2-5,9,12,16H,6-8,14H2,1H3. The number of carbonyl (C=O) groups excluding carboxylic acids is 1. The van der Waals surface area contributed by atoms with Gasteiger partial charge in [-0.25, -0.2) is 0 Å². The average Bonchev–Trinajstić information content (AvgIpc) is 2.40. The summed E-state index contributed by atoms with van der Waals surface area (Å²) in [6.45, 7) is 1.50. The van der Waals surface area contributed by atoms with Crippen LogP contribution in [0.3, 0.4) is 0 Å². The van der Waals surface area contributed by atoms with Crippen molar-refractivity contribution >= 4 is 5.97 Å². The second-order valence-corrected chi connectivity index (χ2v) is 4.57. The van der Waals surface area contributed by atoms with E-state index in [-0.39, 0.29) is 25.2 Å². The largest absolute Gasteiger partial charge is 0.508 e. The van der Waals surface area contributed by atoms with Crippen LogP contribution in [-0.2, 0) is 20.8 Å². The minimum absolute atomic E-state index is 0.00286. The predicted octanol–water partition coefficient (Wildman–Crippen LogP) is 0.792. The van der Waals surface area contributed by atoms with E-state index in [4.69, 9.17) is 15.6 Å². The van der Waals surface area contributed by atoms with Crippen LogP contribution in [0.5, 0.6) is 5.75 Å². The maximum absolute atomic E-state index is 11.6. The van der Waals surface area contributed by atoms with E-state index in [1.165, 1.54) is 19.1 Å². The van der Waals surface area contributed by atoms with Crippen molar-refractivity contribution in [1.29, 1.82) is 0 Å². The van der Waals surface area contributed by atoms with Crippen LogP contribution in [-0.4, -0.2) is 34.9 Å². The maximum atomic E-state index is 11.6. The van der Waals surface area contributed by atoms with Crippen molar-refractivity contribution in [2.75, 3.05) is 6.61 Å². The first-order valence-corrected chi connectivity index (χ1v) is 6.39. The molecule has 1 aromatic carbocycles. The zero-order valence-electron chi connectivity index (χ0n) is 11.6. The molecular formula is C13H18N2O6. The lowest BCUT2D eigenvalue weighted by atomic mass is 10.1. The lowest BCUT2D eigenvalue weighted by Gasteiger charge is -2.13. The Bertz CT molecular complexity index is 476. The van der Waals surface area contributed by atoms with Crippen molar-refractivity contribution in [3.05, 3.63) is 39.9 Å². The molecule has 0 aliphatic heterocycles. The van der Waals surface area contributed by atoms with Gasteiger partial charge >= 0.3 is 5.97 Å². The fourth-order valence-corrected chi connectivity index (χ4v) is 1.60. The molecule has 0 heterocycles. The fraction of sp³-hybridized carbons (Fsp3) is 0.462. The minimum atomic E-state index is -0.886. The maximum Gasteiger partial charge on any atom is 0.323 e. The molecule has 0 bridgehead atoms. The molecule has 8 heteroatoms. The summed E-state index contributed by atoms with van der Waals surface area (Å²) in [5, 5.41) is 18.3. The van der Waals surface area contributed by atoms with Crippen LogP contribution in [0.4, 0.5) is 0 Å². The number of nitrogens with two attached hydrogens (primary N) is 1. The SMILES string of the molecule is CC(CCOC(=O)C(N)Cc1ccc(O)cc1)O[N+](=O)[O-]. The van der Waals surface area contributed by atoms with E-state index in [1.54, 1.807) is 12.1 Å². The topological polar surface area (TPSA) is 125 Å². The number of phenols is 1. The number of esters is 1. The molecular weight excluding hydrogens is 280 g/mol. The van der Waals surface area contributed by atoms with Crippen LogP contribution in [0, 0.1) is 10.1 Å². The zero-order valence-corrected chi connectivity index (χ0v) is 11.6. The molecule has 21 heavy (non-hydrogen) atoms. The molecule has 0 amide bonds. The van der Waals surface area contributed by atoms with Gasteiger partial charge in [-0.15, -0.1) is 10.1 Å². The molecule has 0 saturated carbocycles. The van der Waals surface area contributed by atoms with Gasteiger partial charge in [0.05, 0.1) is 6.61 Å². The molecule has 0 saturated heterocycles. The first-order chi connectivity index (χ1) is 9.88. The van der Waals surface area contributed by atoms with Gasteiger partial charge in [0, 0.05) is 6.42 Å². The number of hydrogen-bond acceptors (Lipinski definition) is 7. The van der Waals surface area contributed by atoms with Gasteiger partial charge in [0.1, 0.15) is 17.9 Å². The van der Waals surface area contributed by atoms with Crippen molar-refractivity contribution in [1.82, 2.24) is 0 Å². The highest BCUT2D eigenvalue weighted by atomic mass is 17.0. The van der Waals surface area contributed by atoms with Crippen LogP contribution < -0.4 is 5.73 Å². The molecule has 2 atom stereocenters. The van der Waals surface area contributed by atoms with E-state index in [9.17, 15) is 14.9 Å². The molecule has 8 nitrogen and oxygen atoms in total. The quantitative estimate of drug-likeness (QED) is 0.413. The van der Waals surface area contributed by atoms with E-state index in [0.29, 0.717) is 0 Å². The van der Waals surface area contributed by atoms with Gasteiger partial charge in [0.2, 0.25) is 0 Å². The number of carbonyl (C=O) groups is 1. The van der Waals surface area contributed by atoms with Gasteiger partial charge in [-0.05, 0) is 31.0 Å². The lowest BCUT2D eigenvalue weighted by Crippen LogP contribution is -2.35. The molecule has 3 N–H and O–H groups in total. The smallest absolute Gasteiger partial charge is 0.323 e. The first kappa shape index (κ1) is 16.7. The molecule has 0 aliphatic rings. The summed E-state index contributed by atoms with van der Waals surface area (Å²) < 4.78 is 4.94. The number of aromatic hydroxyl groups is 1. The molecule has 0 aromatic heterocycles. The normalized spacial score (nSPS) is 13.2. The average molecular weight is 298 g/mol. The van der Waals surface area contributed by atoms with Crippen LogP contribution in [0.1, 0.15) is 18.9 Å². The highest BCUT2D eigenvalue weighted by Gasteiger charge is 2.16. The Morgan fingerprint density at radius 2 is 2.05 bits per heavy atom. The molecule has 0 radical (unpaired) electrons. The van der Waals surface area contributed by atoms with Gasteiger partial charge in [0.25, 0.3) is 5.09 Å². The van der Waals surface area contributed by atoms with E-state index in [0.717, 1.165) is 5.56 Å². The Morgan fingerprint density at radius 3 is 2.62 bits per heavy atom. The van der Waals surface area contributed by atoms with Crippen LogP contribution in [0.25, 0.3) is 0 Å². The second kappa shape index (κ2) is 8.05. The summed E-state index contributed by atoms with van der Waals surface area (Å²) >= 11 is 0. The Morgan fingerprint density at radius 1 is 1.43 bits per heavy atom. The number of ether oxygens (including phenoxy) is 1. The zero-order chi connectivity index (χ0) is 15.8. The van der Waals surface area contributed by atoms with E-state index >= 15 is 0 Å². The summed E-state index contributed by atoms with van der Waals surface area (Å²) in [6.07, 6.45) is -0.167. The molecule has 0 spiro atoms. The van der Waals surface area contributed by atoms with E-state index < -0.39 is 23.2 Å². The number of nitrogens with zero attached hydrogens (tertiary/aromatic N) is 1. The summed E-state index contributed by atoms with van der Waals surface area (Å²) in [6, 6.07) is 5.50. The van der Waals surface area contributed by atoms with Gasteiger partial charge in [0.15, 0.2) is 0 Å². The van der Waals surface area contributed by atoms with Gasteiger partial charge in [-0.2, -0.15) is 0 Å². The Labute approximate surface area is 121 Å².